The van der Waals surface area contributed by atoms with Crippen molar-refractivity contribution < 1.29 is 18.9 Å². The number of hydrogen-bond acceptors (Lipinski definition) is 6. The van der Waals surface area contributed by atoms with Crippen LogP contribution in [0, 0.1) is 6.92 Å². The van der Waals surface area contributed by atoms with Crippen LogP contribution in [-0.2, 0) is 6.42 Å². The predicted molar refractivity (Wildman–Crippen MR) is 124 cm³/mol. The van der Waals surface area contributed by atoms with Crippen LogP contribution in [0.3, 0.4) is 0 Å². The summed E-state index contributed by atoms with van der Waals surface area (Å²) in [6.45, 7) is 4.65. The summed E-state index contributed by atoms with van der Waals surface area (Å²) in [5.41, 5.74) is 5.65. The summed E-state index contributed by atoms with van der Waals surface area (Å²) in [6, 6.07) is 14.3. The first-order valence-corrected chi connectivity index (χ1v) is 10.8. The number of ether oxygens (including phenoxy) is 4. The lowest BCUT2D eigenvalue weighted by atomic mass is 9.84. The van der Waals surface area contributed by atoms with E-state index in [2.05, 4.69) is 41.5 Å². The van der Waals surface area contributed by atoms with Crippen molar-refractivity contribution in [3.63, 3.8) is 0 Å². The van der Waals surface area contributed by atoms with Gasteiger partial charge < -0.3 is 18.9 Å². The monoisotopic (exact) mass is 434 g/mol. The van der Waals surface area contributed by atoms with E-state index >= 15 is 0 Å². The van der Waals surface area contributed by atoms with E-state index in [1.54, 1.807) is 21.3 Å². The van der Waals surface area contributed by atoms with Crippen LogP contribution in [0.5, 0.6) is 23.0 Å². The van der Waals surface area contributed by atoms with E-state index in [1.807, 2.05) is 31.3 Å². The molecule has 0 bridgehead atoms. The molecule has 2 atom stereocenters. The van der Waals surface area contributed by atoms with Gasteiger partial charge in [0.2, 0.25) is 0 Å². The van der Waals surface area contributed by atoms with Crippen LogP contribution >= 0.6 is 0 Å². The van der Waals surface area contributed by atoms with E-state index < -0.39 is 0 Å². The highest BCUT2D eigenvalue weighted by Gasteiger charge is 2.31. The largest absolute Gasteiger partial charge is 0.493 e. The molecule has 0 saturated heterocycles. The number of aryl methyl sites for hydroxylation is 1. The third-order valence-corrected chi connectivity index (χ3v) is 5.95. The molecule has 2 heterocycles. The minimum Gasteiger partial charge on any atom is -0.493 e. The SMILES string of the molecule is CCOc1ccc([C@@H]2N[C@H](c3ncccc3C)Cc3cc(OC)c(OC)cc32)cc1OC. The third-order valence-electron chi connectivity index (χ3n) is 5.95. The average molecular weight is 435 g/mol. The van der Waals surface area contributed by atoms with Gasteiger partial charge in [0.25, 0.3) is 0 Å². The van der Waals surface area contributed by atoms with Gasteiger partial charge in [-0.3, -0.25) is 10.3 Å². The molecule has 0 amide bonds. The second-order valence-corrected chi connectivity index (χ2v) is 7.81. The molecule has 4 rings (SSSR count). The number of hydrogen-bond donors (Lipinski definition) is 1. The van der Waals surface area contributed by atoms with Gasteiger partial charge in [-0.25, -0.2) is 0 Å². The first-order valence-electron chi connectivity index (χ1n) is 10.8. The zero-order valence-electron chi connectivity index (χ0n) is 19.3. The van der Waals surface area contributed by atoms with Crippen molar-refractivity contribution >= 4 is 0 Å². The van der Waals surface area contributed by atoms with Crippen molar-refractivity contribution in [2.45, 2.75) is 32.4 Å². The number of methoxy groups -OCH3 is 3. The van der Waals surface area contributed by atoms with Crippen LogP contribution in [0.1, 0.15) is 47.0 Å². The Bertz CT molecular complexity index is 1100. The zero-order valence-corrected chi connectivity index (χ0v) is 19.3. The maximum atomic E-state index is 5.72. The van der Waals surface area contributed by atoms with Crippen molar-refractivity contribution in [1.29, 1.82) is 0 Å². The Kier molecular flexibility index (Phi) is 6.51. The van der Waals surface area contributed by atoms with E-state index in [-0.39, 0.29) is 12.1 Å². The lowest BCUT2D eigenvalue weighted by Crippen LogP contribution is -2.35. The Morgan fingerprint density at radius 1 is 0.938 bits per heavy atom. The van der Waals surface area contributed by atoms with Crippen LogP contribution in [0.15, 0.2) is 48.7 Å². The number of aromatic nitrogens is 1. The van der Waals surface area contributed by atoms with Crippen LogP contribution in [0.2, 0.25) is 0 Å². The van der Waals surface area contributed by atoms with Crippen molar-refractivity contribution in [3.05, 3.63) is 76.6 Å². The van der Waals surface area contributed by atoms with Gasteiger partial charge in [0.15, 0.2) is 23.0 Å². The predicted octanol–water partition coefficient (Wildman–Crippen LogP) is 4.79. The minimum atomic E-state index is -0.0745. The summed E-state index contributed by atoms with van der Waals surface area (Å²) in [7, 11) is 4.99. The Hall–Kier alpha value is -3.25. The highest BCUT2D eigenvalue weighted by Crippen LogP contribution is 2.42. The maximum absolute atomic E-state index is 5.72. The summed E-state index contributed by atoms with van der Waals surface area (Å²) in [6.07, 6.45) is 2.65. The van der Waals surface area contributed by atoms with Gasteiger partial charge in [0.05, 0.1) is 45.7 Å². The van der Waals surface area contributed by atoms with Gasteiger partial charge in [-0.05, 0) is 72.9 Å². The fourth-order valence-electron chi connectivity index (χ4n) is 4.40. The van der Waals surface area contributed by atoms with E-state index in [0.717, 1.165) is 40.3 Å². The molecule has 0 radical (unpaired) electrons. The van der Waals surface area contributed by atoms with Crippen molar-refractivity contribution in [2.24, 2.45) is 0 Å². The molecule has 32 heavy (non-hydrogen) atoms. The molecule has 6 nitrogen and oxygen atoms in total. The molecule has 2 aromatic carbocycles. The molecule has 3 aromatic rings. The van der Waals surface area contributed by atoms with Gasteiger partial charge in [-0.15, -0.1) is 0 Å². The first-order chi connectivity index (χ1) is 15.6. The smallest absolute Gasteiger partial charge is 0.161 e. The molecule has 1 N–H and O–H groups in total. The maximum Gasteiger partial charge on any atom is 0.161 e. The fraction of sp³-hybridized carbons (Fsp3) is 0.346. The summed E-state index contributed by atoms with van der Waals surface area (Å²) in [5, 5.41) is 3.82. The van der Waals surface area contributed by atoms with Gasteiger partial charge in [0.1, 0.15) is 0 Å². The molecule has 168 valence electrons. The molecule has 0 unspecified atom stereocenters. The first kappa shape index (κ1) is 22.0. The molecular weight excluding hydrogens is 404 g/mol. The average Bonchev–Trinajstić information content (AvgIpc) is 2.83. The molecule has 0 spiro atoms. The number of fused-ring (bicyclic) bond motifs is 1. The Balaban J connectivity index is 1.84. The molecular formula is C26H30N2O4. The van der Waals surface area contributed by atoms with E-state index in [1.165, 1.54) is 5.56 Å². The van der Waals surface area contributed by atoms with E-state index in [9.17, 15) is 0 Å². The van der Waals surface area contributed by atoms with Crippen LogP contribution < -0.4 is 24.3 Å². The summed E-state index contributed by atoms with van der Waals surface area (Å²) >= 11 is 0. The third kappa shape index (κ3) is 4.10. The second-order valence-electron chi connectivity index (χ2n) is 7.81. The van der Waals surface area contributed by atoms with Crippen LogP contribution in [0.4, 0.5) is 0 Å². The van der Waals surface area contributed by atoms with Crippen LogP contribution in [0.25, 0.3) is 0 Å². The lowest BCUT2D eigenvalue weighted by Gasteiger charge is -2.34. The standard InChI is InChI=1S/C26H30N2O4/c1-6-32-21-10-9-17(13-22(21)29-3)26-19-15-24(31-5)23(30-4)14-18(19)12-20(28-26)25-16(2)8-7-11-27-25/h7-11,13-15,20,26,28H,6,12H2,1-5H3/t20-,26-/m0/s1. The molecule has 0 fully saturated rings. The zero-order chi connectivity index (χ0) is 22.7. The minimum absolute atomic E-state index is 0.0596. The van der Waals surface area contributed by atoms with Crippen LogP contribution in [-0.4, -0.2) is 32.9 Å². The van der Waals surface area contributed by atoms with Gasteiger partial charge in [0, 0.05) is 6.20 Å². The number of pyridine rings is 1. The highest BCUT2D eigenvalue weighted by molar-refractivity contribution is 5.54. The lowest BCUT2D eigenvalue weighted by molar-refractivity contribution is 0.310. The van der Waals surface area contributed by atoms with Gasteiger partial charge in [-0.1, -0.05) is 12.1 Å². The summed E-state index contributed by atoms with van der Waals surface area (Å²) in [5.74, 6) is 2.89. The van der Waals surface area contributed by atoms with Crippen molar-refractivity contribution in [3.8, 4) is 23.0 Å². The molecule has 0 aliphatic carbocycles. The van der Waals surface area contributed by atoms with Crippen molar-refractivity contribution in [1.82, 2.24) is 10.3 Å². The topological polar surface area (TPSA) is 61.8 Å². The van der Waals surface area contributed by atoms with Gasteiger partial charge >= 0.3 is 0 Å². The molecule has 6 heteroatoms. The second kappa shape index (κ2) is 9.49. The Morgan fingerprint density at radius 3 is 2.34 bits per heavy atom. The highest BCUT2D eigenvalue weighted by atomic mass is 16.5. The van der Waals surface area contributed by atoms with E-state index in [0.29, 0.717) is 18.1 Å². The quantitative estimate of drug-likeness (QED) is 0.577. The summed E-state index contributed by atoms with van der Waals surface area (Å²) < 4.78 is 22.5. The van der Waals surface area contributed by atoms with E-state index in [4.69, 9.17) is 18.9 Å². The number of rotatable bonds is 7. The summed E-state index contributed by atoms with van der Waals surface area (Å²) in [4.78, 5) is 4.69. The van der Waals surface area contributed by atoms with Gasteiger partial charge in [-0.2, -0.15) is 0 Å². The fourth-order valence-corrected chi connectivity index (χ4v) is 4.40. The molecule has 1 aliphatic rings. The Morgan fingerprint density at radius 2 is 1.66 bits per heavy atom. The molecule has 0 saturated carbocycles. The number of nitrogens with zero attached hydrogens (tertiary/aromatic N) is 1. The molecule has 1 aromatic heterocycles. The van der Waals surface area contributed by atoms with Crippen molar-refractivity contribution in [2.75, 3.05) is 27.9 Å². The number of benzene rings is 2. The number of nitrogens with one attached hydrogen (secondary N) is 1. The molecule has 1 aliphatic heterocycles. The normalized spacial score (nSPS) is 17.4. The Labute approximate surface area is 189 Å².